The number of para-hydroxylation sites is 1. The summed E-state index contributed by atoms with van der Waals surface area (Å²) in [6, 6.07) is 8.57. The fourth-order valence-electron chi connectivity index (χ4n) is 1.91. The van der Waals surface area contributed by atoms with Crippen LogP contribution in [0.15, 0.2) is 41.0 Å². The zero-order valence-electron chi connectivity index (χ0n) is 11.7. The maximum absolute atomic E-state index is 12.2. The van der Waals surface area contributed by atoms with Gasteiger partial charge in [-0.2, -0.15) is 0 Å². The standard InChI is InChI=1S/C15H15NO5/c1-16(8-10-5-3-4-6-12(10)20-2)14(17)13-7-11(9-21-13)15(18)19/h3-7,9H,8H2,1-2H3,(H,18,19). The second-order valence-corrected chi connectivity index (χ2v) is 4.48. The first-order chi connectivity index (χ1) is 10.0. The fraction of sp³-hybridized carbons (Fsp3) is 0.200. The fourth-order valence-corrected chi connectivity index (χ4v) is 1.91. The lowest BCUT2D eigenvalue weighted by atomic mass is 10.2. The number of hydrogen-bond donors (Lipinski definition) is 1. The number of hydrogen-bond acceptors (Lipinski definition) is 4. The Labute approximate surface area is 121 Å². The third-order valence-corrected chi connectivity index (χ3v) is 3.00. The molecule has 1 heterocycles. The number of ether oxygens (including phenoxy) is 1. The van der Waals surface area contributed by atoms with Gasteiger partial charge in [-0.15, -0.1) is 0 Å². The Kier molecular flexibility index (Phi) is 4.27. The molecular weight excluding hydrogens is 274 g/mol. The molecule has 1 aromatic heterocycles. The van der Waals surface area contributed by atoms with Crippen molar-refractivity contribution in [2.75, 3.05) is 14.2 Å². The maximum Gasteiger partial charge on any atom is 0.338 e. The predicted octanol–water partition coefficient (Wildman–Crippen LogP) is 2.26. The molecule has 0 aliphatic carbocycles. The summed E-state index contributed by atoms with van der Waals surface area (Å²) in [6.07, 6.45) is 1.05. The van der Waals surface area contributed by atoms with E-state index in [0.717, 1.165) is 11.8 Å². The third-order valence-electron chi connectivity index (χ3n) is 3.00. The Bertz CT molecular complexity index is 662. The average Bonchev–Trinajstić information content (AvgIpc) is 2.97. The van der Waals surface area contributed by atoms with Gasteiger partial charge in [0.2, 0.25) is 0 Å². The summed E-state index contributed by atoms with van der Waals surface area (Å²) in [6.45, 7) is 0.325. The number of furan rings is 1. The van der Waals surface area contributed by atoms with Crippen molar-refractivity contribution >= 4 is 11.9 Å². The molecule has 0 radical (unpaired) electrons. The molecule has 0 fully saturated rings. The molecule has 0 saturated carbocycles. The highest BCUT2D eigenvalue weighted by Crippen LogP contribution is 2.20. The summed E-state index contributed by atoms with van der Waals surface area (Å²) in [5.74, 6) is -0.855. The second kappa shape index (κ2) is 6.13. The molecule has 6 heteroatoms. The Balaban J connectivity index is 2.13. The van der Waals surface area contributed by atoms with Gasteiger partial charge in [-0.3, -0.25) is 4.79 Å². The van der Waals surface area contributed by atoms with Gasteiger partial charge in [0, 0.05) is 25.2 Å². The minimum atomic E-state index is -1.13. The monoisotopic (exact) mass is 289 g/mol. The number of aromatic carboxylic acids is 1. The number of carboxylic acids is 1. The van der Waals surface area contributed by atoms with E-state index in [1.165, 1.54) is 11.0 Å². The van der Waals surface area contributed by atoms with E-state index < -0.39 is 11.9 Å². The van der Waals surface area contributed by atoms with Crippen molar-refractivity contribution in [3.05, 3.63) is 53.5 Å². The average molecular weight is 289 g/mol. The maximum atomic E-state index is 12.2. The molecule has 0 bridgehead atoms. The smallest absolute Gasteiger partial charge is 0.338 e. The van der Waals surface area contributed by atoms with Crippen molar-refractivity contribution in [1.82, 2.24) is 4.90 Å². The van der Waals surface area contributed by atoms with Crippen LogP contribution < -0.4 is 4.74 Å². The van der Waals surface area contributed by atoms with Crippen LogP contribution >= 0.6 is 0 Å². The largest absolute Gasteiger partial charge is 0.496 e. The number of nitrogens with zero attached hydrogens (tertiary/aromatic N) is 1. The first kappa shape index (κ1) is 14.6. The van der Waals surface area contributed by atoms with Crippen molar-refractivity contribution in [2.45, 2.75) is 6.54 Å². The van der Waals surface area contributed by atoms with E-state index in [-0.39, 0.29) is 11.3 Å². The molecule has 2 rings (SSSR count). The van der Waals surface area contributed by atoms with Crippen LogP contribution in [-0.4, -0.2) is 36.0 Å². The minimum Gasteiger partial charge on any atom is -0.496 e. The predicted molar refractivity (Wildman–Crippen MR) is 74.5 cm³/mol. The molecule has 21 heavy (non-hydrogen) atoms. The molecule has 0 spiro atoms. The van der Waals surface area contributed by atoms with Crippen LogP contribution in [0.4, 0.5) is 0 Å². The van der Waals surface area contributed by atoms with Crippen molar-refractivity contribution in [3.63, 3.8) is 0 Å². The van der Waals surface area contributed by atoms with Gasteiger partial charge in [-0.05, 0) is 6.07 Å². The van der Waals surface area contributed by atoms with Crippen LogP contribution in [0, 0.1) is 0 Å². The molecule has 1 amide bonds. The summed E-state index contributed by atoms with van der Waals surface area (Å²) in [5.41, 5.74) is 0.796. The molecule has 6 nitrogen and oxygen atoms in total. The Morgan fingerprint density at radius 1 is 1.33 bits per heavy atom. The summed E-state index contributed by atoms with van der Waals surface area (Å²) >= 11 is 0. The van der Waals surface area contributed by atoms with Crippen molar-refractivity contribution < 1.29 is 23.8 Å². The SMILES string of the molecule is COc1ccccc1CN(C)C(=O)c1cc(C(=O)O)co1. The van der Waals surface area contributed by atoms with Crippen LogP contribution in [0.25, 0.3) is 0 Å². The molecule has 0 saturated heterocycles. The molecule has 1 N–H and O–H groups in total. The van der Waals surface area contributed by atoms with Gasteiger partial charge in [0.25, 0.3) is 5.91 Å². The number of rotatable bonds is 5. The summed E-state index contributed by atoms with van der Waals surface area (Å²) in [5, 5.41) is 8.82. The van der Waals surface area contributed by atoms with E-state index in [4.69, 9.17) is 14.3 Å². The number of methoxy groups -OCH3 is 1. The number of carboxylic acid groups (broad SMARTS) is 1. The van der Waals surface area contributed by atoms with E-state index >= 15 is 0 Å². The van der Waals surface area contributed by atoms with E-state index in [0.29, 0.717) is 12.3 Å². The number of benzene rings is 1. The van der Waals surface area contributed by atoms with E-state index in [2.05, 4.69) is 0 Å². The van der Waals surface area contributed by atoms with Gasteiger partial charge < -0.3 is 19.2 Å². The molecule has 2 aromatic rings. The molecule has 1 aromatic carbocycles. The Morgan fingerprint density at radius 3 is 2.67 bits per heavy atom. The molecule has 0 aliphatic heterocycles. The van der Waals surface area contributed by atoms with Gasteiger partial charge >= 0.3 is 5.97 Å². The molecule has 0 aliphatic rings. The highest BCUT2D eigenvalue weighted by atomic mass is 16.5. The van der Waals surface area contributed by atoms with Crippen LogP contribution in [0.5, 0.6) is 5.75 Å². The summed E-state index contributed by atoms with van der Waals surface area (Å²) in [7, 11) is 3.17. The summed E-state index contributed by atoms with van der Waals surface area (Å²) < 4.78 is 10.2. The quantitative estimate of drug-likeness (QED) is 0.913. The van der Waals surface area contributed by atoms with Gasteiger partial charge in [-0.25, -0.2) is 4.79 Å². The van der Waals surface area contributed by atoms with Crippen molar-refractivity contribution in [3.8, 4) is 5.75 Å². The third kappa shape index (κ3) is 3.22. The van der Waals surface area contributed by atoms with Crippen LogP contribution in [0.1, 0.15) is 26.5 Å². The zero-order chi connectivity index (χ0) is 15.4. The molecular formula is C15H15NO5. The van der Waals surface area contributed by atoms with Crippen molar-refractivity contribution in [1.29, 1.82) is 0 Å². The molecule has 0 unspecified atom stereocenters. The van der Waals surface area contributed by atoms with Crippen LogP contribution in [0.2, 0.25) is 0 Å². The van der Waals surface area contributed by atoms with E-state index in [1.807, 2.05) is 24.3 Å². The highest BCUT2D eigenvalue weighted by Gasteiger charge is 2.19. The number of carbonyl (C=O) groups excluding carboxylic acids is 1. The van der Waals surface area contributed by atoms with E-state index in [1.54, 1.807) is 14.2 Å². The topological polar surface area (TPSA) is 80.0 Å². The molecule has 110 valence electrons. The Morgan fingerprint density at radius 2 is 2.05 bits per heavy atom. The first-order valence-electron chi connectivity index (χ1n) is 6.22. The number of amides is 1. The normalized spacial score (nSPS) is 10.2. The lowest BCUT2D eigenvalue weighted by molar-refractivity contribution is 0.0695. The van der Waals surface area contributed by atoms with E-state index in [9.17, 15) is 9.59 Å². The van der Waals surface area contributed by atoms with Crippen LogP contribution in [0.3, 0.4) is 0 Å². The van der Waals surface area contributed by atoms with Gasteiger partial charge in [-0.1, -0.05) is 18.2 Å². The van der Waals surface area contributed by atoms with Crippen LogP contribution in [-0.2, 0) is 6.54 Å². The van der Waals surface area contributed by atoms with Gasteiger partial charge in [0.15, 0.2) is 5.76 Å². The van der Waals surface area contributed by atoms with Crippen molar-refractivity contribution in [2.24, 2.45) is 0 Å². The lowest BCUT2D eigenvalue weighted by Crippen LogP contribution is -2.26. The Hall–Kier alpha value is -2.76. The first-order valence-corrected chi connectivity index (χ1v) is 6.22. The minimum absolute atomic E-state index is 0.00945. The van der Waals surface area contributed by atoms with Gasteiger partial charge in [0.05, 0.1) is 12.7 Å². The van der Waals surface area contributed by atoms with Gasteiger partial charge in [0.1, 0.15) is 12.0 Å². The highest BCUT2D eigenvalue weighted by molar-refractivity contribution is 5.95. The second-order valence-electron chi connectivity index (χ2n) is 4.48. The lowest BCUT2D eigenvalue weighted by Gasteiger charge is -2.17. The zero-order valence-corrected chi connectivity index (χ0v) is 11.7. The molecule has 0 atom stereocenters. The summed E-state index contributed by atoms with van der Waals surface area (Å²) in [4.78, 5) is 24.4. The number of carbonyl (C=O) groups is 2.